The van der Waals surface area contributed by atoms with E-state index in [1.165, 1.54) is 57.4 Å². The molecule has 4 amide bonds. The summed E-state index contributed by atoms with van der Waals surface area (Å²) in [4.78, 5) is 99.8. The molecule has 0 radical (unpaired) electrons. The number of fused-ring (bicyclic) bond motifs is 10. The minimum absolute atomic E-state index is 0.00163. The highest BCUT2D eigenvalue weighted by atomic mass is 19.4. The number of likely N-dealkylation sites (tertiary alicyclic amines) is 4. The van der Waals surface area contributed by atoms with Gasteiger partial charge in [0, 0.05) is 206 Å². The largest absolute Gasteiger partial charge is 0.482 e. The van der Waals surface area contributed by atoms with Crippen molar-refractivity contribution in [2.24, 2.45) is 63.3 Å². The molecule has 6 N–H and O–H groups in total. The van der Waals surface area contributed by atoms with Crippen LogP contribution in [0.25, 0.3) is 134 Å². The summed E-state index contributed by atoms with van der Waals surface area (Å²) in [5.74, 6) is 5.99. The van der Waals surface area contributed by atoms with Gasteiger partial charge < -0.3 is 87.7 Å². The Bertz CT molecular complexity index is 7270. The second-order valence-corrected chi connectivity index (χ2v) is 40.6. The van der Waals surface area contributed by atoms with Gasteiger partial charge >= 0.3 is 6.18 Å². The number of carbonyl (C=O) groups is 4. The van der Waals surface area contributed by atoms with Gasteiger partial charge in [-0.05, 0) is 285 Å². The zero-order chi connectivity index (χ0) is 95.6. The van der Waals surface area contributed by atoms with Gasteiger partial charge in [-0.2, -0.15) is 13.2 Å². The maximum absolute atomic E-state index is 13.5. The number of aromatic nitrogens is 16. The number of alkyl halides is 3. The van der Waals surface area contributed by atoms with Crippen LogP contribution in [-0.4, -0.2) is 234 Å². The number of amides is 4. The van der Waals surface area contributed by atoms with Gasteiger partial charge in [-0.25, -0.2) is 39.9 Å². The van der Waals surface area contributed by atoms with Crippen LogP contribution in [0.2, 0.25) is 0 Å². The van der Waals surface area contributed by atoms with Gasteiger partial charge in [-0.3, -0.25) is 19.2 Å². The molecule has 10 fully saturated rings. The molecule has 6 saturated heterocycles. The fourth-order valence-corrected chi connectivity index (χ4v) is 22.7. The molecule has 0 bridgehead atoms. The van der Waals surface area contributed by atoms with Crippen LogP contribution >= 0.6 is 0 Å². The highest BCUT2D eigenvalue weighted by Gasteiger charge is 2.42. The van der Waals surface area contributed by atoms with Crippen molar-refractivity contribution in [1.29, 1.82) is 0 Å². The van der Waals surface area contributed by atoms with Gasteiger partial charge in [-0.1, -0.05) is 0 Å². The van der Waals surface area contributed by atoms with Gasteiger partial charge in [0.1, 0.15) is 33.9 Å². The Hall–Kier alpha value is -13.2. The van der Waals surface area contributed by atoms with Crippen LogP contribution < -0.4 is 26.8 Å². The number of hydrogen-bond donors (Lipinski definition) is 4. The number of imidazole rings is 4. The van der Waals surface area contributed by atoms with E-state index in [1.54, 1.807) is 35.9 Å². The summed E-state index contributed by atoms with van der Waals surface area (Å²) in [7, 11) is 9.60. The molecule has 7 atom stereocenters. The number of nitrogens with two attached hydrogens (primary N) is 2. The number of piperidine rings is 4. The third-order valence-corrected chi connectivity index (χ3v) is 30.7. The topological polar surface area (TPSA) is 318 Å². The second kappa shape index (κ2) is 37.1. The van der Waals surface area contributed by atoms with E-state index in [0.29, 0.717) is 84.6 Å². The molecule has 4 aromatic carbocycles. The molecule has 33 heteroatoms. The van der Waals surface area contributed by atoms with Crippen LogP contribution in [0.3, 0.4) is 0 Å². The molecule has 0 spiro atoms. The minimum atomic E-state index is -4.53. The predicted molar refractivity (Wildman–Crippen MR) is 534 cm³/mol. The molecule has 12 aromatic heterocycles. The van der Waals surface area contributed by atoms with Crippen molar-refractivity contribution >= 4 is 112 Å². The SMILES string of the molecule is CO[C@@H]1CCN(C(=O)c2ccc3c(c2)nc(-c2cc4cccnc4n2CC2CC2)n3C)C[C@@H]1N.Cn1c(-c2cc3cccnc3n2CC2CC2)nc2cc(C(=O)N3CCC[C@@H](N)C3)cc(OCC(F)(F)F)c21.Cn1c(-c2cc3cccnc3n2CC2CC2)nc2cc(C(=O)N3CCC[C@@H]4NCC[C@@H]43)ccc21.Cn1c(-c2cc3cccnc3n2CC2CC2)nc2cc(C(=O)N3CCC[C@H]4NCC[C@H]43)ccc21. The molecule has 30 nitrogen and oxygen atoms in total. The smallest absolute Gasteiger partial charge is 0.422 e. The van der Waals surface area contributed by atoms with Crippen molar-refractivity contribution in [1.82, 2.24) is 107 Å². The van der Waals surface area contributed by atoms with Crippen molar-refractivity contribution in [2.75, 3.05) is 66.1 Å². The first-order valence-corrected chi connectivity index (χ1v) is 50.1. The monoisotopic (exact) mass is 1890 g/mol. The van der Waals surface area contributed by atoms with Crippen LogP contribution in [0.5, 0.6) is 5.75 Å². The lowest BCUT2D eigenvalue weighted by Crippen LogP contribution is -2.53. The number of carbonyl (C=O) groups excluding carboxylic acids is 4. The van der Waals surface area contributed by atoms with E-state index < -0.39 is 12.8 Å². The van der Waals surface area contributed by atoms with E-state index in [9.17, 15) is 32.3 Å². The number of ether oxygens (including phenoxy) is 2. The van der Waals surface area contributed by atoms with Gasteiger partial charge in [0.2, 0.25) is 0 Å². The van der Waals surface area contributed by atoms with Gasteiger partial charge in [0.15, 0.2) is 29.9 Å². The molecular weight excluding hydrogens is 1770 g/mol. The lowest BCUT2D eigenvalue weighted by Gasteiger charge is -2.37. The van der Waals surface area contributed by atoms with E-state index in [2.05, 4.69) is 135 Å². The normalized spacial score (nSPS) is 21.1. The molecule has 4 aliphatic carbocycles. The number of nitrogens with one attached hydrogen (secondary N) is 2. The number of hydrogen-bond acceptors (Lipinski definition) is 18. The van der Waals surface area contributed by atoms with Crippen molar-refractivity contribution in [2.45, 2.75) is 184 Å². The fraction of sp³-hybridized carbons (Fsp3) is 0.439. The third kappa shape index (κ3) is 17.7. The zero-order valence-electron chi connectivity index (χ0n) is 79.8. The minimum Gasteiger partial charge on any atom is -0.482 e. The highest BCUT2D eigenvalue weighted by molar-refractivity contribution is 6.03. The lowest BCUT2D eigenvalue weighted by atomic mass is 9.96. The summed E-state index contributed by atoms with van der Waals surface area (Å²) in [6, 6.07) is 46.9. The van der Waals surface area contributed by atoms with Crippen molar-refractivity contribution < 1.29 is 41.8 Å². The average molecular weight is 1890 g/mol. The summed E-state index contributed by atoms with van der Waals surface area (Å²) >= 11 is 0. The van der Waals surface area contributed by atoms with E-state index in [4.69, 9.17) is 40.9 Å². The third-order valence-electron chi connectivity index (χ3n) is 30.7. The Labute approximate surface area is 807 Å². The van der Waals surface area contributed by atoms with Gasteiger partial charge in [-0.15, -0.1) is 0 Å². The second-order valence-electron chi connectivity index (χ2n) is 40.6. The summed E-state index contributed by atoms with van der Waals surface area (Å²) in [5, 5.41) is 11.5. The molecule has 6 aliphatic heterocycles. The van der Waals surface area contributed by atoms with Crippen LogP contribution in [0, 0.1) is 23.7 Å². The summed E-state index contributed by atoms with van der Waals surface area (Å²) in [6.45, 7) is 8.03. The van der Waals surface area contributed by atoms with E-state index in [-0.39, 0.29) is 53.1 Å². The maximum atomic E-state index is 13.5. The Morgan fingerprint density at radius 2 is 0.779 bits per heavy atom. The summed E-state index contributed by atoms with van der Waals surface area (Å²) in [6.07, 6.45) is 21.7. The first-order valence-electron chi connectivity index (χ1n) is 50.1. The Morgan fingerprint density at radius 3 is 1.16 bits per heavy atom. The Balaban J connectivity index is 0.000000104. The number of aryl methyl sites for hydroxylation is 4. The van der Waals surface area contributed by atoms with Crippen LogP contribution in [0.4, 0.5) is 13.2 Å². The van der Waals surface area contributed by atoms with Crippen LogP contribution in [0.15, 0.2) is 164 Å². The van der Waals surface area contributed by atoms with E-state index in [1.807, 2.05) is 109 Å². The summed E-state index contributed by atoms with van der Waals surface area (Å²) < 4.78 is 67.4. The maximum Gasteiger partial charge on any atom is 0.422 e. The molecule has 16 aromatic rings. The van der Waals surface area contributed by atoms with Crippen LogP contribution in [0.1, 0.15) is 151 Å². The molecule has 140 heavy (non-hydrogen) atoms. The first-order chi connectivity index (χ1) is 68.0. The van der Waals surface area contributed by atoms with E-state index in [0.717, 1.165) is 251 Å². The zero-order valence-corrected chi connectivity index (χ0v) is 79.8. The van der Waals surface area contributed by atoms with Gasteiger partial charge in [0.25, 0.3) is 23.6 Å². The summed E-state index contributed by atoms with van der Waals surface area (Å²) in [5.41, 5.74) is 29.0. The van der Waals surface area contributed by atoms with Crippen molar-refractivity contribution in [3.63, 3.8) is 0 Å². The molecule has 4 saturated carbocycles. The quantitative estimate of drug-likeness (QED) is 0.0584. The van der Waals surface area contributed by atoms with Crippen molar-refractivity contribution in [3.05, 3.63) is 187 Å². The highest BCUT2D eigenvalue weighted by Crippen LogP contribution is 2.44. The van der Waals surface area contributed by atoms with Crippen LogP contribution in [-0.2, 0) is 59.1 Å². The Morgan fingerprint density at radius 1 is 0.407 bits per heavy atom. The fourth-order valence-electron chi connectivity index (χ4n) is 22.7. The number of pyridine rings is 4. The van der Waals surface area contributed by atoms with Crippen molar-refractivity contribution in [3.8, 4) is 51.8 Å². The molecule has 0 unspecified atom stereocenters. The molecular formula is C107H119F3N24O6. The number of halogens is 3. The predicted octanol–water partition coefficient (Wildman–Crippen LogP) is 15.6. The first kappa shape index (κ1) is 90.6. The average Bonchev–Trinajstić information content (AvgIpc) is 1.70. The molecule has 26 rings (SSSR count). The standard InChI is InChI=1S/C27H29F3N6O2.2C27H30N6O.C26H30N6O2/c1-34-23-20(33-25(34)21-11-17-4-2-8-32-24(17)36(21)13-16-6-7-16)10-18(12-22(23)38-15-27(28,29)30)26(37)35-9-3-5-19(31)14-35;2*1-31-22-9-8-19(27(34)32-13-3-5-20-23(32)10-12-28-20)14-21(22)30-26(31)24-15-18-4-2-11-29-25(18)33(24)16-17-6-7-17;1-30-21-8-7-18(26(33)31-11-9-23(34-2)19(27)15-31)12-20(21)29-25(30)22-13-17-4-3-10-28-24(17)32(22)14-16-5-6-16/h2,4,8,10-12,16,19H,3,5-7,9,13-15,31H2,1H3;2*2,4,8-9,11,14-15,17,20,23,28H,3,5-7,10,12-13,16H2,1H3;3-4,7-8,10,12-13,16,19,23H,5-6,9,11,14-15,27H2,1-2H3/t19-;2*20-,23-;19-,23+/m1100/s1. The van der Waals surface area contributed by atoms with E-state index >= 15 is 0 Å². The molecule has 18 heterocycles. The number of methoxy groups -OCH3 is 1. The lowest BCUT2D eigenvalue weighted by molar-refractivity contribution is -0.153. The number of nitrogens with zero attached hydrogens (tertiary/aromatic N) is 20. The number of rotatable bonds is 19. The number of benzene rings is 4. The molecule has 10 aliphatic rings. The Kier molecular flexibility index (Phi) is 24.0. The molecule has 724 valence electrons. The van der Waals surface area contributed by atoms with Gasteiger partial charge in [0.05, 0.1) is 67.5 Å².